The molecule has 0 aliphatic carbocycles. The second-order valence-corrected chi connectivity index (χ2v) is 3.61. The van der Waals surface area contributed by atoms with Crippen LogP contribution in [-0.2, 0) is 4.79 Å². The largest absolute Gasteiger partial charge is 0.497 e. The van der Waals surface area contributed by atoms with Crippen molar-refractivity contribution in [3.8, 4) is 0 Å². The lowest BCUT2D eigenvalue weighted by Gasteiger charge is -1.97. The minimum absolute atomic E-state index is 0.0335. The molecule has 84 valence electrons. The molecule has 0 radical (unpaired) electrons. The minimum atomic E-state index is -0.648. The molecule has 1 heterocycles. The molecule has 1 aliphatic rings. The molecule has 0 spiro atoms. The highest BCUT2D eigenvalue weighted by Gasteiger charge is 2.35. The summed E-state index contributed by atoms with van der Waals surface area (Å²) in [6, 6.07) is 9.34. The van der Waals surface area contributed by atoms with E-state index in [1.165, 1.54) is 0 Å². The normalized spacial score (nSPS) is 14.6. The molecule has 2 N–H and O–H groups in total. The Morgan fingerprint density at radius 2 is 2.00 bits per heavy atom. The van der Waals surface area contributed by atoms with Crippen LogP contribution in [0, 0.1) is 0 Å². The monoisotopic (exact) mass is 226 g/mol. The number of amides is 1. The fourth-order valence-corrected chi connectivity index (χ4v) is 1.78. The van der Waals surface area contributed by atoms with Crippen molar-refractivity contribution in [1.82, 2.24) is 0 Å². The van der Waals surface area contributed by atoms with Gasteiger partial charge in [-0.2, -0.15) is 0 Å². The SMILES string of the molecule is CC1=C(C(N)=O)C(=[N+]=[N-])N=C1c1ccccc1. The molecule has 1 aliphatic heterocycles. The highest BCUT2D eigenvalue weighted by Crippen LogP contribution is 2.20. The molecule has 1 aromatic rings. The van der Waals surface area contributed by atoms with E-state index in [1.807, 2.05) is 30.3 Å². The van der Waals surface area contributed by atoms with E-state index >= 15 is 0 Å². The van der Waals surface area contributed by atoms with E-state index in [2.05, 4.69) is 9.78 Å². The number of amidine groups is 1. The predicted octanol–water partition coefficient (Wildman–Crippen LogP) is 0.919. The van der Waals surface area contributed by atoms with Gasteiger partial charge in [-0.1, -0.05) is 30.3 Å². The van der Waals surface area contributed by atoms with Crippen LogP contribution in [0.5, 0.6) is 0 Å². The van der Waals surface area contributed by atoms with Crippen molar-refractivity contribution in [2.75, 3.05) is 0 Å². The van der Waals surface area contributed by atoms with Crippen LogP contribution in [0.3, 0.4) is 0 Å². The summed E-state index contributed by atoms with van der Waals surface area (Å²) < 4.78 is 0. The smallest absolute Gasteiger partial charge is 0.414 e. The van der Waals surface area contributed by atoms with E-state index in [4.69, 9.17) is 11.3 Å². The summed E-state index contributed by atoms with van der Waals surface area (Å²) in [5, 5.41) is 0. The van der Waals surface area contributed by atoms with Crippen LogP contribution in [0.1, 0.15) is 12.5 Å². The summed E-state index contributed by atoms with van der Waals surface area (Å²) in [4.78, 5) is 18.3. The zero-order valence-corrected chi connectivity index (χ0v) is 9.21. The van der Waals surface area contributed by atoms with Crippen molar-refractivity contribution in [2.24, 2.45) is 10.7 Å². The Hall–Kier alpha value is -2.52. The molecule has 0 unspecified atom stereocenters. The van der Waals surface area contributed by atoms with E-state index in [0.29, 0.717) is 11.3 Å². The summed E-state index contributed by atoms with van der Waals surface area (Å²) in [6.07, 6.45) is 0. The summed E-state index contributed by atoms with van der Waals surface area (Å²) in [5.41, 5.74) is 16.3. The topological polar surface area (TPSA) is 91.9 Å². The molecule has 0 bridgehead atoms. The lowest BCUT2D eigenvalue weighted by molar-refractivity contribution is -0.114. The third-order valence-electron chi connectivity index (χ3n) is 2.56. The van der Waals surface area contributed by atoms with Gasteiger partial charge in [0.25, 0.3) is 5.91 Å². The number of hydrogen-bond acceptors (Lipinski definition) is 1. The first kappa shape index (κ1) is 11.0. The number of primary amides is 1. The van der Waals surface area contributed by atoms with Gasteiger partial charge in [0.1, 0.15) is 0 Å². The molecule has 0 aromatic heterocycles. The number of hydrogen-bond donors (Lipinski definition) is 1. The van der Waals surface area contributed by atoms with Gasteiger partial charge < -0.3 is 16.1 Å². The van der Waals surface area contributed by atoms with Crippen LogP contribution in [0.4, 0.5) is 0 Å². The van der Waals surface area contributed by atoms with Gasteiger partial charge in [-0.05, 0) is 11.9 Å². The first-order valence-electron chi connectivity index (χ1n) is 5.02. The first-order valence-corrected chi connectivity index (χ1v) is 5.02. The number of carbonyl (C=O) groups is 1. The molecular formula is C12H10N4O. The highest BCUT2D eigenvalue weighted by molar-refractivity contribution is 6.34. The van der Waals surface area contributed by atoms with Crippen LogP contribution >= 0.6 is 0 Å². The Kier molecular flexibility index (Phi) is 2.68. The van der Waals surface area contributed by atoms with Gasteiger partial charge in [-0.25, -0.2) is 0 Å². The molecule has 0 atom stereocenters. The van der Waals surface area contributed by atoms with Crippen molar-refractivity contribution in [3.05, 3.63) is 52.6 Å². The maximum Gasteiger partial charge on any atom is 0.414 e. The van der Waals surface area contributed by atoms with E-state index in [-0.39, 0.29) is 11.4 Å². The van der Waals surface area contributed by atoms with Gasteiger partial charge in [0.05, 0.1) is 0 Å². The number of nitrogens with zero attached hydrogens (tertiary/aromatic N) is 3. The average Bonchev–Trinajstić information content (AvgIpc) is 2.67. The lowest BCUT2D eigenvalue weighted by Crippen LogP contribution is -2.19. The Bertz CT molecular complexity index is 592. The number of benzene rings is 1. The van der Waals surface area contributed by atoms with Crippen LogP contribution < -0.4 is 5.73 Å². The van der Waals surface area contributed by atoms with Crippen molar-refractivity contribution >= 4 is 17.5 Å². The van der Waals surface area contributed by atoms with Gasteiger partial charge in [0.2, 0.25) is 0 Å². The van der Waals surface area contributed by atoms with Gasteiger partial charge in [0.15, 0.2) is 11.3 Å². The number of allylic oxidation sites excluding steroid dienone is 1. The maximum atomic E-state index is 11.3. The molecule has 1 aromatic carbocycles. The summed E-state index contributed by atoms with van der Waals surface area (Å²) in [6.45, 7) is 1.73. The van der Waals surface area contributed by atoms with Gasteiger partial charge in [-0.3, -0.25) is 4.79 Å². The zero-order chi connectivity index (χ0) is 12.4. The van der Waals surface area contributed by atoms with E-state index in [9.17, 15) is 4.79 Å². The molecular weight excluding hydrogens is 216 g/mol. The summed E-state index contributed by atoms with van der Waals surface area (Å²) in [7, 11) is 0. The number of aliphatic imine (C=N–C) groups is 1. The van der Waals surface area contributed by atoms with Crippen molar-refractivity contribution < 1.29 is 9.58 Å². The standard InChI is InChI=1S/C12H10N4O/c1-7-9(11(13)17)12(16-14)15-10(7)8-5-3-2-4-6-8/h2-6H,1H3,(H2,13,17). The van der Waals surface area contributed by atoms with E-state index < -0.39 is 5.91 Å². The highest BCUT2D eigenvalue weighted by atomic mass is 16.1. The maximum absolute atomic E-state index is 11.3. The van der Waals surface area contributed by atoms with Crippen LogP contribution in [0.15, 0.2) is 46.5 Å². The van der Waals surface area contributed by atoms with E-state index in [1.54, 1.807) is 6.92 Å². The zero-order valence-electron chi connectivity index (χ0n) is 9.21. The Balaban J connectivity index is 2.60. The van der Waals surface area contributed by atoms with Gasteiger partial charge >= 0.3 is 5.84 Å². The third kappa shape index (κ3) is 1.79. The van der Waals surface area contributed by atoms with Crippen LogP contribution in [0.25, 0.3) is 5.53 Å². The van der Waals surface area contributed by atoms with Crippen molar-refractivity contribution in [3.63, 3.8) is 0 Å². The molecule has 0 fully saturated rings. The predicted molar refractivity (Wildman–Crippen MR) is 63.5 cm³/mol. The summed E-state index contributed by atoms with van der Waals surface area (Å²) >= 11 is 0. The lowest BCUT2D eigenvalue weighted by atomic mass is 10.0. The minimum Gasteiger partial charge on any atom is -0.497 e. The Morgan fingerprint density at radius 1 is 1.35 bits per heavy atom. The van der Waals surface area contributed by atoms with E-state index in [0.717, 1.165) is 5.56 Å². The molecule has 2 rings (SSSR count). The molecule has 5 heteroatoms. The summed E-state index contributed by atoms with van der Waals surface area (Å²) in [5.74, 6) is -0.682. The Morgan fingerprint density at radius 3 is 2.47 bits per heavy atom. The van der Waals surface area contributed by atoms with Crippen LogP contribution in [-0.4, -0.2) is 22.2 Å². The molecule has 0 saturated heterocycles. The van der Waals surface area contributed by atoms with Crippen molar-refractivity contribution in [2.45, 2.75) is 6.92 Å². The van der Waals surface area contributed by atoms with Gasteiger partial charge in [0, 0.05) is 11.1 Å². The van der Waals surface area contributed by atoms with Gasteiger partial charge in [-0.15, -0.1) is 0 Å². The number of rotatable bonds is 2. The second kappa shape index (κ2) is 4.15. The number of carbonyl (C=O) groups excluding carboxylic acids is 1. The molecule has 0 saturated carbocycles. The molecule has 5 nitrogen and oxygen atoms in total. The molecule has 17 heavy (non-hydrogen) atoms. The second-order valence-electron chi connectivity index (χ2n) is 3.61. The number of nitrogens with two attached hydrogens (primary N) is 1. The van der Waals surface area contributed by atoms with Crippen molar-refractivity contribution in [1.29, 1.82) is 0 Å². The fraction of sp³-hybridized carbons (Fsp3) is 0.0833. The fourth-order valence-electron chi connectivity index (χ4n) is 1.78. The average molecular weight is 226 g/mol. The quantitative estimate of drug-likeness (QED) is 0.589. The first-order chi connectivity index (χ1) is 8.15. The van der Waals surface area contributed by atoms with Crippen LogP contribution in [0.2, 0.25) is 0 Å². The molecule has 1 amide bonds. The Labute approximate surface area is 97.9 Å². The third-order valence-corrected chi connectivity index (χ3v) is 2.56.